The van der Waals surface area contributed by atoms with E-state index in [1.54, 1.807) is 12.1 Å². The minimum Gasteiger partial charge on any atom is -0.300 e. The summed E-state index contributed by atoms with van der Waals surface area (Å²) in [5.41, 5.74) is 0.306. The van der Waals surface area contributed by atoms with Gasteiger partial charge in [-0.15, -0.1) is 0 Å². The van der Waals surface area contributed by atoms with Crippen LogP contribution >= 0.6 is 0 Å². The molecule has 0 unspecified atom stereocenters. The Morgan fingerprint density at radius 3 is 2.52 bits per heavy atom. The third-order valence-electron chi connectivity index (χ3n) is 3.44. The number of sulfone groups is 2. The van der Waals surface area contributed by atoms with Crippen LogP contribution in [0, 0.1) is 11.3 Å². The van der Waals surface area contributed by atoms with Crippen molar-refractivity contribution in [3.63, 3.8) is 0 Å². The van der Waals surface area contributed by atoms with Gasteiger partial charge in [-0.25, -0.2) is 16.8 Å². The molecule has 1 fully saturated rings. The van der Waals surface area contributed by atoms with E-state index in [9.17, 15) is 16.8 Å². The number of nitrogens with zero attached hydrogens (tertiary/aromatic N) is 2. The van der Waals surface area contributed by atoms with Gasteiger partial charge in [-0.2, -0.15) is 5.26 Å². The van der Waals surface area contributed by atoms with E-state index in [0.29, 0.717) is 25.2 Å². The van der Waals surface area contributed by atoms with Gasteiger partial charge in [0.15, 0.2) is 19.7 Å². The van der Waals surface area contributed by atoms with Gasteiger partial charge in [-0.1, -0.05) is 6.07 Å². The molecule has 0 spiro atoms. The van der Waals surface area contributed by atoms with Crippen molar-refractivity contribution >= 4 is 19.7 Å². The van der Waals surface area contributed by atoms with Crippen LogP contribution in [0.1, 0.15) is 5.56 Å². The second kappa shape index (κ2) is 6.13. The van der Waals surface area contributed by atoms with Gasteiger partial charge in [-0.3, -0.25) is 0 Å². The van der Waals surface area contributed by atoms with E-state index in [2.05, 4.69) is 0 Å². The number of hydrogen-bond donors (Lipinski definition) is 0. The first kappa shape index (κ1) is 15.9. The van der Waals surface area contributed by atoms with E-state index >= 15 is 0 Å². The van der Waals surface area contributed by atoms with Crippen LogP contribution in [0.4, 0.5) is 0 Å². The molecule has 0 radical (unpaired) electrons. The molecule has 0 bridgehead atoms. The molecule has 1 aromatic rings. The summed E-state index contributed by atoms with van der Waals surface area (Å²) < 4.78 is 47.1. The van der Waals surface area contributed by atoms with Gasteiger partial charge in [0, 0.05) is 19.6 Å². The highest BCUT2D eigenvalue weighted by Crippen LogP contribution is 2.14. The highest BCUT2D eigenvalue weighted by Gasteiger charge is 2.23. The fraction of sp³-hybridized carbons (Fsp3) is 0.462. The normalized spacial score (nSPS) is 19.0. The van der Waals surface area contributed by atoms with Crippen molar-refractivity contribution in [1.82, 2.24) is 4.90 Å². The molecule has 1 aromatic carbocycles. The average molecular weight is 328 g/mol. The highest BCUT2D eigenvalue weighted by atomic mass is 32.2. The predicted molar refractivity (Wildman–Crippen MR) is 78.3 cm³/mol. The molecule has 1 aliphatic rings. The first-order valence-corrected chi connectivity index (χ1v) is 9.95. The number of nitriles is 1. The molecule has 21 heavy (non-hydrogen) atoms. The maximum atomic E-state index is 12.2. The largest absolute Gasteiger partial charge is 0.300 e. The molecule has 0 aromatic heterocycles. The van der Waals surface area contributed by atoms with Crippen LogP contribution in [-0.4, -0.2) is 58.6 Å². The van der Waals surface area contributed by atoms with E-state index in [1.807, 2.05) is 11.0 Å². The lowest BCUT2D eigenvalue weighted by Crippen LogP contribution is -2.42. The molecule has 0 amide bonds. The topological polar surface area (TPSA) is 95.3 Å². The molecule has 1 heterocycles. The Morgan fingerprint density at radius 1 is 1.24 bits per heavy atom. The van der Waals surface area contributed by atoms with Crippen molar-refractivity contribution in [1.29, 1.82) is 5.26 Å². The molecule has 114 valence electrons. The Labute approximate surface area is 124 Å². The Bertz CT molecular complexity index is 750. The summed E-state index contributed by atoms with van der Waals surface area (Å²) in [5.74, 6) is 0.0792. The van der Waals surface area contributed by atoms with Crippen LogP contribution in [0.25, 0.3) is 0 Å². The van der Waals surface area contributed by atoms with Gasteiger partial charge in [0.1, 0.15) is 0 Å². The first-order valence-electron chi connectivity index (χ1n) is 6.48. The molecular formula is C13H16N2O4S2. The Kier molecular flexibility index (Phi) is 4.66. The lowest BCUT2D eigenvalue weighted by atomic mass is 10.2. The third kappa shape index (κ3) is 4.27. The second-order valence-corrected chi connectivity index (χ2v) is 9.36. The quantitative estimate of drug-likeness (QED) is 0.776. The third-order valence-corrected chi connectivity index (χ3v) is 6.74. The zero-order valence-corrected chi connectivity index (χ0v) is 13.0. The fourth-order valence-electron chi connectivity index (χ4n) is 2.10. The summed E-state index contributed by atoms with van der Waals surface area (Å²) in [6, 6.07) is 7.83. The SMILES string of the molecule is N#Cc1cccc(S(=O)(=O)CCN2CCS(=O)(=O)CC2)c1. The summed E-state index contributed by atoms with van der Waals surface area (Å²) >= 11 is 0. The molecular weight excluding hydrogens is 312 g/mol. The van der Waals surface area contributed by atoms with Crippen molar-refractivity contribution in [2.45, 2.75) is 4.90 Å². The Hall–Kier alpha value is -1.43. The van der Waals surface area contributed by atoms with Crippen LogP contribution in [0.2, 0.25) is 0 Å². The minimum absolute atomic E-state index is 0.0803. The number of hydrogen-bond acceptors (Lipinski definition) is 6. The summed E-state index contributed by atoms with van der Waals surface area (Å²) in [7, 11) is -6.42. The molecule has 1 saturated heterocycles. The highest BCUT2D eigenvalue weighted by molar-refractivity contribution is 7.91. The van der Waals surface area contributed by atoms with Gasteiger partial charge in [0.2, 0.25) is 0 Å². The lowest BCUT2D eigenvalue weighted by molar-refractivity contribution is 0.312. The molecule has 0 N–H and O–H groups in total. The standard InChI is InChI=1S/C13H16N2O4S2/c14-11-12-2-1-3-13(10-12)21(18,19)9-6-15-4-7-20(16,17)8-5-15/h1-3,10H,4-9H2. The van der Waals surface area contributed by atoms with Crippen molar-refractivity contribution in [3.05, 3.63) is 29.8 Å². The van der Waals surface area contributed by atoms with E-state index in [0.717, 1.165) is 0 Å². The molecule has 6 nitrogen and oxygen atoms in total. The zero-order valence-electron chi connectivity index (χ0n) is 11.4. The average Bonchev–Trinajstić information content (AvgIpc) is 2.46. The van der Waals surface area contributed by atoms with Gasteiger partial charge in [0.05, 0.1) is 33.8 Å². The van der Waals surface area contributed by atoms with Gasteiger partial charge in [0.25, 0.3) is 0 Å². The minimum atomic E-state index is -3.46. The molecule has 0 aliphatic carbocycles. The van der Waals surface area contributed by atoms with Crippen LogP contribution in [0.5, 0.6) is 0 Å². The van der Waals surface area contributed by atoms with Crippen LogP contribution < -0.4 is 0 Å². The molecule has 8 heteroatoms. The number of rotatable bonds is 4. The van der Waals surface area contributed by atoms with Crippen molar-refractivity contribution in [3.8, 4) is 6.07 Å². The van der Waals surface area contributed by atoms with E-state index < -0.39 is 19.7 Å². The zero-order chi connectivity index (χ0) is 15.5. The van der Waals surface area contributed by atoms with E-state index in [-0.39, 0.29) is 22.2 Å². The second-order valence-electron chi connectivity index (χ2n) is 4.95. The maximum absolute atomic E-state index is 12.2. The van der Waals surface area contributed by atoms with Gasteiger partial charge < -0.3 is 4.90 Å². The van der Waals surface area contributed by atoms with Crippen molar-refractivity contribution < 1.29 is 16.8 Å². The lowest BCUT2D eigenvalue weighted by Gasteiger charge is -2.26. The summed E-state index contributed by atoms with van der Waals surface area (Å²) in [6.07, 6.45) is 0. The van der Waals surface area contributed by atoms with E-state index in [4.69, 9.17) is 5.26 Å². The smallest absolute Gasteiger partial charge is 0.179 e. The van der Waals surface area contributed by atoms with Crippen LogP contribution in [0.3, 0.4) is 0 Å². The van der Waals surface area contributed by atoms with Crippen molar-refractivity contribution in [2.24, 2.45) is 0 Å². The summed E-state index contributed by atoms with van der Waals surface area (Å²) in [4.78, 5) is 1.97. The molecule has 0 saturated carbocycles. The Balaban J connectivity index is 2.00. The number of benzene rings is 1. The monoisotopic (exact) mass is 328 g/mol. The van der Waals surface area contributed by atoms with Crippen LogP contribution in [0.15, 0.2) is 29.2 Å². The Morgan fingerprint density at radius 2 is 1.90 bits per heavy atom. The predicted octanol–water partition coefficient (Wildman–Crippen LogP) is 0.0624. The summed E-state index contributed by atoms with van der Waals surface area (Å²) in [5, 5.41) is 8.80. The van der Waals surface area contributed by atoms with Crippen LogP contribution in [-0.2, 0) is 19.7 Å². The molecule has 2 rings (SSSR count). The fourth-order valence-corrected chi connectivity index (χ4v) is 4.70. The molecule has 1 aliphatic heterocycles. The van der Waals surface area contributed by atoms with Crippen molar-refractivity contribution in [2.75, 3.05) is 36.9 Å². The maximum Gasteiger partial charge on any atom is 0.179 e. The molecule has 0 atom stereocenters. The van der Waals surface area contributed by atoms with E-state index in [1.165, 1.54) is 12.1 Å². The van der Waals surface area contributed by atoms with Gasteiger partial charge in [-0.05, 0) is 18.2 Å². The first-order chi connectivity index (χ1) is 9.82. The van der Waals surface area contributed by atoms with Gasteiger partial charge >= 0.3 is 0 Å². The summed E-state index contributed by atoms with van der Waals surface area (Å²) in [6.45, 7) is 1.04.